The lowest BCUT2D eigenvalue weighted by Gasteiger charge is -2.09. The van der Waals surface area contributed by atoms with Crippen LogP contribution in [0.1, 0.15) is 19.8 Å². The van der Waals surface area contributed by atoms with Gasteiger partial charge in [0.25, 0.3) is 5.56 Å². The van der Waals surface area contributed by atoms with Crippen LogP contribution in [0, 0.1) is 0 Å². The molecule has 100 valence electrons. The summed E-state index contributed by atoms with van der Waals surface area (Å²) in [7, 11) is 1.56. The summed E-state index contributed by atoms with van der Waals surface area (Å²) in [5.74, 6) is -0.155. The van der Waals surface area contributed by atoms with Gasteiger partial charge in [-0.1, -0.05) is 13.3 Å². The summed E-state index contributed by atoms with van der Waals surface area (Å²) in [6.07, 6.45) is 3.46. The Kier molecular flexibility index (Phi) is 5.84. The minimum atomic E-state index is -0.189. The Morgan fingerprint density at radius 2 is 2.28 bits per heavy atom. The van der Waals surface area contributed by atoms with Gasteiger partial charge in [0, 0.05) is 13.6 Å². The third-order valence-electron chi connectivity index (χ3n) is 2.43. The van der Waals surface area contributed by atoms with Crippen LogP contribution in [0.2, 0.25) is 0 Å². The molecule has 7 heteroatoms. The van der Waals surface area contributed by atoms with E-state index in [1.807, 2.05) is 0 Å². The van der Waals surface area contributed by atoms with Crippen LogP contribution in [-0.4, -0.2) is 29.3 Å². The predicted octanol–water partition coefficient (Wildman–Crippen LogP) is 0.964. The first-order valence-corrected chi connectivity index (χ1v) is 6.59. The third-order valence-corrected chi connectivity index (χ3v) is 3.19. The van der Waals surface area contributed by atoms with Crippen molar-refractivity contribution in [2.45, 2.75) is 26.3 Å². The fourth-order valence-corrected chi connectivity index (χ4v) is 1.77. The fraction of sp³-hybridized carbons (Fsp3) is 0.545. The molecule has 0 radical (unpaired) electrons. The Hall–Kier alpha value is -1.37. The number of aryl methyl sites for hydroxylation is 1. The molecule has 0 bridgehead atoms. The van der Waals surface area contributed by atoms with E-state index < -0.39 is 0 Å². The van der Waals surface area contributed by atoms with E-state index in [9.17, 15) is 9.59 Å². The zero-order valence-electron chi connectivity index (χ0n) is 10.5. The maximum atomic E-state index is 11.9. The Morgan fingerprint density at radius 3 is 2.89 bits per heavy atom. The van der Waals surface area contributed by atoms with E-state index in [1.54, 1.807) is 13.2 Å². The largest absolute Gasteiger partial charge is 0.374 e. The van der Waals surface area contributed by atoms with E-state index in [4.69, 9.17) is 0 Å². The Morgan fingerprint density at radius 1 is 1.56 bits per heavy atom. The molecule has 1 aromatic heterocycles. The number of amides is 1. The lowest BCUT2D eigenvalue weighted by molar-refractivity contribution is -0.118. The number of rotatable bonds is 6. The summed E-state index contributed by atoms with van der Waals surface area (Å²) in [6, 6.07) is 0. The van der Waals surface area contributed by atoms with E-state index in [2.05, 4.69) is 38.6 Å². The number of aromatic nitrogens is 2. The summed E-state index contributed by atoms with van der Waals surface area (Å²) < 4.78 is 1.82. The average molecular weight is 317 g/mol. The number of hydrogen-bond donors (Lipinski definition) is 2. The van der Waals surface area contributed by atoms with Crippen LogP contribution >= 0.6 is 15.9 Å². The molecule has 1 heterocycles. The van der Waals surface area contributed by atoms with E-state index in [-0.39, 0.29) is 18.0 Å². The van der Waals surface area contributed by atoms with Gasteiger partial charge >= 0.3 is 0 Å². The molecular formula is C11H17BrN4O2. The quantitative estimate of drug-likeness (QED) is 0.819. The van der Waals surface area contributed by atoms with Crippen molar-refractivity contribution in [3.63, 3.8) is 0 Å². The number of anilines is 1. The highest BCUT2D eigenvalue weighted by Gasteiger charge is 2.09. The summed E-state index contributed by atoms with van der Waals surface area (Å²) in [5.41, 5.74) is 0.335. The number of carbonyl (C=O) groups is 1. The molecule has 2 N–H and O–H groups in total. The van der Waals surface area contributed by atoms with Crippen LogP contribution < -0.4 is 16.2 Å². The van der Waals surface area contributed by atoms with Gasteiger partial charge in [0.05, 0.1) is 18.4 Å². The van der Waals surface area contributed by atoms with Crippen LogP contribution in [-0.2, 0) is 11.3 Å². The second-order valence-electron chi connectivity index (χ2n) is 3.78. The molecule has 0 saturated heterocycles. The molecule has 1 rings (SSSR count). The molecule has 0 unspecified atom stereocenters. The van der Waals surface area contributed by atoms with Crippen molar-refractivity contribution in [3.05, 3.63) is 21.0 Å². The third kappa shape index (κ3) is 3.83. The molecule has 1 amide bonds. The highest BCUT2D eigenvalue weighted by Crippen LogP contribution is 2.15. The van der Waals surface area contributed by atoms with E-state index in [1.165, 1.54) is 4.68 Å². The first-order valence-electron chi connectivity index (χ1n) is 5.80. The van der Waals surface area contributed by atoms with E-state index in [0.717, 1.165) is 12.8 Å². The van der Waals surface area contributed by atoms with Gasteiger partial charge in [0.1, 0.15) is 4.47 Å². The highest BCUT2D eigenvalue weighted by atomic mass is 79.9. The van der Waals surface area contributed by atoms with Gasteiger partial charge in [-0.15, -0.1) is 0 Å². The average Bonchev–Trinajstić information content (AvgIpc) is 2.39. The topological polar surface area (TPSA) is 76.0 Å². The Labute approximate surface area is 114 Å². The Balaban J connectivity index is 2.80. The fourth-order valence-electron chi connectivity index (χ4n) is 1.32. The number of halogens is 1. The van der Waals surface area contributed by atoms with Gasteiger partial charge in [0.2, 0.25) is 5.91 Å². The van der Waals surface area contributed by atoms with Gasteiger partial charge < -0.3 is 10.6 Å². The maximum absolute atomic E-state index is 11.9. The van der Waals surface area contributed by atoms with Crippen LogP contribution in [0.3, 0.4) is 0 Å². The van der Waals surface area contributed by atoms with Gasteiger partial charge in [0.15, 0.2) is 0 Å². The zero-order valence-corrected chi connectivity index (χ0v) is 12.1. The number of hydrogen-bond acceptors (Lipinski definition) is 4. The first-order chi connectivity index (χ1) is 8.60. The van der Waals surface area contributed by atoms with Crippen LogP contribution in [0.25, 0.3) is 0 Å². The molecule has 0 atom stereocenters. The van der Waals surface area contributed by atoms with Crippen LogP contribution in [0.5, 0.6) is 0 Å². The molecule has 0 aliphatic rings. The molecule has 0 aliphatic carbocycles. The molecule has 0 aromatic carbocycles. The first kappa shape index (κ1) is 14.7. The SMILES string of the molecule is CCCCn1ncc(NCC(=O)NC)c(Br)c1=O. The number of carbonyl (C=O) groups excluding carboxylic acids is 1. The predicted molar refractivity (Wildman–Crippen MR) is 73.7 cm³/mol. The van der Waals surface area contributed by atoms with Crippen molar-refractivity contribution >= 4 is 27.5 Å². The van der Waals surface area contributed by atoms with Gasteiger partial charge in [-0.05, 0) is 22.4 Å². The van der Waals surface area contributed by atoms with Gasteiger partial charge in [-0.25, -0.2) is 4.68 Å². The van der Waals surface area contributed by atoms with E-state index in [0.29, 0.717) is 16.7 Å². The number of unbranched alkanes of at least 4 members (excludes halogenated alkanes) is 1. The summed E-state index contributed by atoms with van der Waals surface area (Å²) in [5, 5.41) is 9.40. The molecule has 1 aromatic rings. The minimum absolute atomic E-state index is 0.106. The summed E-state index contributed by atoms with van der Waals surface area (Å²) >= 11 is 3.23. The summed E-state index contributed by atoms with van der Waals surface area (Å²) in [4.78, 5) is 23.0. The minimum Gasteiger partial charge on any atom is -0.374 e. The lowest BCUT2D eigenvalue weighted by atomic mass is 10.3. The normalized spacial score (nSPS) is 10.2. The maximum Gasteiger partial charge on any atom is 0.283 e. The van der Waals surface area contributed by atoms with Crippen molar-refractivity contribution in [3.8, 4) is 0 Å². The standard InChI is InChI=1S/C11H17BrN4O2/c1-3-4-5-16-11(18)10(12)8(6-15-16)14-7-9(17)13-2/h6,14H,3-5,7H2,1-2H3,(H,13,17). The molecule has 6 nitrogen and oxygen atoms in total. The van der Waals surface area contributed by atoms with Crippen molar-refractivity contribution in [1.82, 2.24) is 15.1 Å². The second-order valence-corrected chi connectivity index (χ2v) is 4.57. The number of nitrogens with one attached hydrogen (secondary N) is 2. The number of nitrogens with zero attached hydrogens (tertiary/aromatic N) is 2. The van der Waals surface area contributed by atoms with E-state index >= 15 is 0 Å². The van der Waals surface area contributed by atoms with Crippen molar-refractivity contribution < 1.29 is 4.79 Å². The molecule has 18 heavy (non-hydrogen) atoms. The molecule has 0 aliphatic heterocycles. The highest BCUT2D eigenvalue weighted by molar-refractivity contribution is 9.10. The molecule has 0 saturated carbocycles. The molecular weight excluding hydrogens is 300 g/mol. The van der Waals surface area contributed by atoms with Crippen molar-refractivity contribution in [1.29, 1.82) is 0 Å². The van der Waals surface area contributed by atoms with Gasteiger partial charge in [-0.2, -0.15) is 5.10 Å². The van der Waals surface area contributed by atoms with Crippen molar-refractivity contribution in [2.75, 3.05) is 18.9 Å². The summed E-state index contributed by atoms with van der Waals surface area (Å²) in [6.45, 7) is 2.76. The smallest absolute Gasteiger partial charge is 0.283 e. The molecule has 0 fully saturated rings. The van der Waals surface area contributed by atoms with Crippen molar-refractivity contribution in [2.24, 2.45) is 0 Å². The zero-order chi connectivity index (χ0) is 13.5. The van der Waals surface area contributed by atoms with Crippen LogP contribution in [0.15, 0.2) is 15.5 Å². The second kappa shape index (κ2) is 7.15. The Bertz CT molecular complexity index is 473. The number of likely N-dealkylation sites (N-methyl/N-ethyl adjacent to an activating group) is 1. The van der Waals surface area contributed by atoms with Crippen LogP contribution in [0.4, 0.5) is 5.69 Å². The lowest BCUT2D eigenvalue weighted by Crippen LogP contribution is -2.28. The molecule has 0 spiro atoms. The van der Waals surface area contributed by atoms with Gasteiger partial charge in [-0.3, -0.25) is 9.59 Å². The monoisotopic (exact) mass is 316 g/mol.